The zero-order valence-electron chi connectivity index (χ0n) is 18.2. The predicted octanol–water partition coefficient (Wildman–Crippen LogP) is 4.99. The van der Waals surface area contributed by atoms with E-state index in [2.05, 4.69) is 0 Å². The predicted molar refractivity (Wildman–Crippen MR) is 130 cm³/mol. The van der Waals surface area contributed by atoms with Crippen LogP contribution in [0.5, 0.6) is 11.5 Å². The monoisotopic (exact) mass is 471 g/mol. The minimum absolute atomic E-state index is 0.299. The van der Waals surface area contributed by atoms with Crippen molar-refractivity contribution in [1.29, 1.82) is 0 Å². The average Bonchev–Trinajstić information content (AvgIpc) is 3.07. The van der Waals surface area contributed by atoms with Gasteiger partial charge >= 0.3 is 5.97 Å². The minimum Gasteiger partial charge on any atom is -0.490 e. The largest absolute Gasteiger partial charge is 0.490 e. The smallest absolute Gasteiger partial charge is 0.333 e. The molecule has 1 fully saturated rings. The number of carbonyl (C=O) groups excluding carboxylic acids is 2. The summed E-state index contributed by atoms with van der Waals surface area (Å²) in [7, 11) is 1.29. The van der Waals surface area contributed by atoms with Crippen LogP contribution in [0.4, 0.5) is 0 Å². The van der Waals surface area contributed by atoms with Gasteiger partial charge in [-0.2, -0.15) is 0 Å². The molecule has 1 aliphatic rings. The van der Waals surface area contributed by atoms with E-state index in [-0.39, 0.29) is 5.91 Å². The summed E-state index contributed by atoms with van der Waals surface area (Å²) in [6.07, 6.45) is 2.63. The van der Waals surface area contributed by atoms with E-state index < -0.39 is 12.0 Å². The molecule has 1 amide bonds. The summed E-state index contributed by atoms with van der Waals surface area (Å²) in [6.45, 7) is 5.02. The highest BCUT2D eigenvalue weighted by molar-refractivity contribution is 8.26. The van der Waals surface area contributed by atoms with Crippen molar-refractivity contribution in [3.05, 3.63) is 64.6 Å². The summed E-state index contributed by atoms with van der Waals surface area (Å²) in [5.74, 6) is 0.378. The molecular weight excluding hydrogens is 446 g/mol. The van der Waals surface area contributed by atoms with E-state index in [0.717, 1.165) is 23.7 Å². The van der Waals surface area contributed by atoms with Gasteiger partial charge in [0.1, 0.15) is 4.32 Å². The molecule has 0 aliphatic carbocycles. The molecular formula is C24H25NO5S2. The summed E-state index contributed by atoms with van der Waals surface area (Å²) in [5, 5.41) is 0. The lowest BCUT2D eigenvalue weighted by Crippen LogP contribution is -2.37. The molecule has 1 atom stereocenters. The first-order valence-corrected chi connectivity index (χ1v) is 11.5. The standard InChI is InChI=1S/C24H25NO5S2/c1-4-13-30-18-12-11-16(14-19(18)29-5-2)15-20-22(26)25(24(31)32-20)21(23(27)28-3)17-9-7-6-8-10-17/h6-12,14-15,21H,4-5,13H2,1-3H3/b20-15-. The molecule has 8 heteroatoms. The van der Waals surface area contributed by atoms with Crippen molar-refractivity contribution in [2.24, 2.45) is 0 Å². The van der Waals surface area contributed by atoms with Crippen LogP contribution >= 0.6 is 24.0 Å². The number of thiocarbonyl (C=S) groups is 1. The number of rotatable bonds is 9. The van der Waals surface area contributed by atoms with Gasteiger partial charge in [0.05, 0.1) is 25.2 Å². The van der Waals surface area contributed by atoms with E-state index in [4.69, 9.17) is 26.4 Å². The van der Waals surface area contributed by atoms with Crippen molar-refractivity contribution >= 4 is 46.3 Å². The van der Waals surface area contributed by atoms with Gasteiger partial charge in [0.25, 0.3) is 5.91 Å². The molecule has 0 radical (unpaired) electrons. The molecule has 6 nitrogen and oxygen atoms in total. The molecule has 1 saturated heterocycles. The highest BCUT2D eigenvalue weighted by Gasteiger charge is 2.41. The third-order valence-corrected chi connectivity index (χ3v) is 5.98. The van der Waals surface area contributed by atoms with Crippen LogP contribution in [-0.2, 0) is 14.3 Å². The average molecular weight is 472 g/mol. The first-order valence-electron chi connectivity index (χ1n) is 10.3. The fourth-order valence-corrected chi connectivity index (χ4v) is 4.52. The number of nitrogens with zero attached hydrogens (tertiary/aromatic N) is 1. The van der Waals surface area contributed by atoms with Gasteiger partial charge in [-0.05, 0) is 42.7 Å². The van der Waals surface area contributed by atoms with Gasteiger partial charge in [0.2, 0.25) is 0 Å². The van der Waals surface area contributed by atoms with Gasteiger partial charge in [-0.25, -0.2) is 4.79 Å². The van der Waals surface area contributed by atoms with Crippen LogP contribution in [0.3, 0.4) is 0 Å². The number of amides is 1. The van der Waals surface area contributed by atoms with Crippen molar-refractivity contribution in [3.63, 3.8) is 0 Å². The number of benzene rings is 2. The highest BCUT2D eigenvalue weighted by atomic mass is 32.2. The van der Waals surface area contributed by atoms with Gasteiger partial charge in [0.15, 0.2) is 17.5 Å². The van der Waals surface area contributed by atoms with E-state index in [0.29, 0.717) is 39.5 Å². The molecule has 32 heavy (non-hydrogen) atoms. The first-order chi connectivity index (χ1) is 15.5. The molecule has 1 unspecified atom stereocenters. The van der Waals surface area contributed by atoms with Crippen LogP contribution in [-0.4, -0.2) is 41.4 Å². The van der Waals surface area contributed by atoms with Gasteiger partial charge in [-0.15, -0.1) is 0 Å². The zero-order chi connectivity index (χ0) is 23.1. The molecule has 0 spiro atoms. The minimum atomic E-state index is -0.941. The van der Waals surface area contributed by atoms with Crippen LogP contribution in [0.25, 0.3) is 6.08 Å². The van der Waals surface area contributed by atoms with Crippen LogP contribution < -0.4 is 9.47 Å². The lowest BCUT2D eigenvalue weighted by Gasteiger charge is -2.24. The van der Waals surface area contributed by atoms with Gasteiger partial charge < -0.3 is 14.2 Å². The summed E-state index contributed by atoms with van der Waals surface area (Å²) < 4.78 is 16.7. The fraction of sp³-hybridized carbons (Fsp3) is 0.292. The Hall–Kier alpha value is -2.84. The van der Waals surface area contributed by atoms with E-state index in [1.807, 2.05) is 38.1 Å². The zero-order valence-corrected chi connectivity index (χ0v) is 19.8. The highest BCUT2D eigenvalue weighted by Crippen LogP contribution is 2.39. The first kappa shape index (κ1) is 23.8. The summed E-state index contributed by atoms with van der Waals surface area (Å²) in [6, 6.07) is 13.6. The van der Waals surface area contributed by atoms with Crippen molar-refractivity contribution in [1.82, 2.24) is 4.90 Å². The maximum absolute atomic E-state index is 13.3. The van der Waals surface area contributed by atoms with E-state index >= 15 is 0 Å². The van der Waals surface area contributed by atoms with Crippen LogP contribution in [0.2, 0.25) is 0 Å². The second-order valence-electron chi connectivity index (χ2n) is 6.88. The second-order valence-corrected chi connectivity index (χ2v) is 8.55. The molecule has 2 aromatic carbocycles. The molecule has 1 aliphatic heterocycles. The second kappa shape index (κ2) is 11.2. The number of carbonyl (C=O) groups is 2. The number of esters is 1. The molecule has 168 valence electrons. The van der Waals surface area contributed by atoms with Gasteiger partial charge in [-0.3, -0.25) is 9.69 Å². The number of methoxy groups -OCH3 is 1. The van der Waals surface area contributed by atoms with Crippen molar-refractivity contribution < 1.29 is 23.8 Å². The lowest BCUT2D eigenvalue weighted by atomic mass is 10.1. The van der Waals surface area contributed by atoms with Gasteiger partial charge in [-0.1, -0.05) is 67.3 Å². The van der Waals surface area contributed by atoms with Crippen LogP contribution in [0.1, 0.15) is 37.4 Å². The molecule has 0 aromatic heterocycles. The quantitative estimate of drug-likeness (QED) is 0.290. The number of hydrogen-bond acceptors (Lipinski definition) is 7. The Bertz CT molecular complexity index is 1020. The van der Waals surface area contributed by atoms with Crippen LogP contribution in [0, 0.1) is 0 Å². The Morgan fingerprint density at radius 1 is 1.12 bits per heavy atom. The van der Waals surface area contributed by atoms with E-state index in [1.165, 1.54) is 12.0 Å². The Balaban J connectivity index is 1.92. The maximum Gasteiger partial charge on any atom is 0.333 e. The number of ether oxygens (including phenoxy) is 3. The summed E-state index contributed by atoms with van der Waals surface area (Å²) in [4.78, 5) is 27.6. The Morgan fingerprint density at radius 3 is 2.53 bits per heavy atom. The molecule has 0 N–H and O–H groups in total. The number of hydrogen-bond donors (Lipinski definition) is 0. The third kappa shape index (κ3) is 5.31. The Labute approximate surface area is 197 Å². The maximum atomic E-state index is 13.3. The van der Waals surface area contributed by atoms with Crippen LogP contribution in [0.15, 0.2) is 53.4 Å². The molecule has 1 heterocycles. The molecule has 2 aromatic rings. The molecule has 3 rings (SSSR count). The Morgan fingerprint density at radius 2 is 1.88 bits per heavy atom. The fourth-order valence-electron chi connectivity index (χ4n) is 3.21. The third-order valence-electron chi connectivity index (χ3n) is 4.65. The van der Waals surface area contributed by atoms with Gasteiger partial charge in [0, 0.05) is 0 Å². The summed E-state index contributed by atoms with van der Waals surface area (Å²) >= 11 is 6.62. The summed E-state index contributed by atoms with van der Waals surface area (Å²) in [5.41, 5.74) is 1.40. The van der Waals surface area contributed by atoms with E-state index in [1.54, 1.807) is 30.3 Å². The topological polar surface area (TPSA) is 65.1 Å². The molecule has 0 bridgehead atoms. The van der Waals surface area contributed by atoms with Crippen molar-refractivity contribution in [3.8, 4) is 11.5 Å². The SMILES string of the molecule is CCCOc1ccc(/C=C2\SC(=S)N(C(C(=O)OC)c3ccccc3)C2=O)cc1OCC. The van der Waals surface area contributed by atoms with Crippen molar-refractivity contribution in [2.75, 3.05) is 20.3 Å². The number of thioether (sulfide) groups is 1. The normalized spacial score (nSPS) is 15.7. The lowest BCUT2D eigenvalue weighted by molar-refractivity contribution is -0.148. The van der Waals surface area contributed by atoms with E-state index in [9.17, 15) is 9.59 Å². The van der Waals surface area contributed by atoms with Crippen molar-refractivity contribution in [2.45, 2.75) is 26.3 Å². The Kier molecular flexibility index (Phi) is 8.30. The molecule has 0 saturated carbocycles.